The molecule has 10 heteroatoms. The van der Waals surface area contributed by atoms with Crippen LogP contribution in [0.15, 0.2) is 39.0 Å². The van der Waals surface area contributed by atoms with Crippen LogP contribution in [0.2, 0.25) is 0 Å². The summed E-state index contributed by atoms with van der Waals surface area (Å²) in [5, 5.41) is 6.89. The van der Waals surface area contributed by atoms with Gasteiger partial charge in [0.1, 0.15) is 18.1 Å². The number of nitrogens with zero attached hydrogens (tertiary/aromatic N) is 5. The van der Waals surface area contributed by atoms with Gasteiger partial charge in [-0.3, -0.25) is 9.20 Å². The van der Waals surface area contributed by atoms with Crippen molar-refractivity contribution < 1.29 is 13.9 Å². The molecule has 174 valence electrons. The van der Waals surface area contributed by atoms with E-state index in [1.165, 1.54) is 21.8 Å². The number of hydrogen-bond donors (Lipinski definition) is 0. The molecule has 0 fully saturated rings. The molecule has 5 aromatic heterocycles. The Bertz CT molecular complexity index is 1620. The molecule has 0 aliphatic carbocycles. The van der Waals surface area contributed by atoms with Gasteiger partial charge >= 0.3 is 5.97 Å². The molecule has 5 aromatic rings. The predicted molar refractivity (Wildman–Crippen MR) is 128 cm³/mol. The molecule has 5 rings (SSSR count). The minimum absolute atomic E-state index is 0.0504. The number of ether oxygens (including phenoxy) is 1. The fraction of sp³-hybridized carbons (Fsp3) is 0.292. The molecule has 0 spiro atoms. The summed E-state index contributed by atoms with van der Waals surface area (Å²) in [6.45, 7) is 9.45. The normalized spacial score (nSPS) is 11.7. The van der Waals surface area contributed by atoms with E-state index in [0.29, 0.717) is 38.7 Å². The Labute approximate surface area is 198 Å². The van der Waals surface area contributed by atoms with Crippen LogP contribution >= 0.6 is 11.3 Å². The van der Waals surface area contributed by atoms with Crippen molar-refractivity contribution in [2.24, 2.45) is 0 Å². The Balaban J connectivity index is 1.54. The minimum atomic E-state index is -0.542. The predicted octanol–water partition coefficient (Wildman–Crippen LogP) is 4.62. The summed E-state index contributed by atoms with van der Waals surface area (Å²) in [4.78, 5) is 35.5. The lowest BCUT2D eigenvalue weighted by Gasteiger charge is -2.10. The fourth-order valence-corrected chi connectivity index (χ4v) is 4.87. The fourth-order valence-electron chi connectivity index (χ4n) is 3.98. The molecule has 0 aliphatic heterocycles. The van der Waals surface area contributed by atoms with Crippen molar-refractivity contribution in [3.63, 3.8) is 0 Å². The molecule has 0 aromatic carbocycles. The van der Waals surface area contributed by atoms with Crippen LogP contribution in [0.25, 0.3) is 27.3 Å². The summed E-state index contributed by atoms with van der Waals surface area (Å²) in [7, 11) is 0. The summed E-state index contributed by atoms with van der Waals surface area (Å²) in [6, 6.07) is 5.03. The Morgan fingerprint density at radius 1 is 1.18 bits per heavy atom. The van der Waals surface area contributed by atoms with Gasteiger partial charge in [-0.05, 0) is 46.8 Å². The summed E-state index contributed by atoms with van der Waals surface area (Å²) in [5.74, 6) is 0.926. The second-order valence-electron chi connectivity index (χ2n) is 8.46. The molecule has 34 heavy (non-hydrogen) atoms. The maximum atomic E-state index is 13.2. The molecule has 0 N–H and O–H groups in total. The number of esters is 1. The molecular weight excluding hydrogens is 454 g/mol. The second-order valence-corrected chi connectivity index (χ2v) is 9.30. The first-order chi connectivity index (χ1) is 16.2. The van der Waals surface area contributed by atoms with Crippen molar-refractivity contribution in [3.05, 3.63) is 68.6 Å². The molecular formula is C24H23N5O4S. The van der Waals surface area contributed by atoms with Crippen LogP contribution in [-0.4, -0.2) is 30.1 Å². The van der Waals surface area contributed by atoms with E-state index in [9.17, 15) is 9.59 Å². The standard InChI is InChI=1S/C24H23N5O4S/c1-12(2)29-22-19(9-25-29)18(8-20(27-22)17-6-14(4)33-15(17)5)23(31)32-10-16-7-21(30)28-13(3)11-34-24(28)26-16/h6-9,11-12H,10H2,1-5H3. The van der Waals surface area contributed by atoms with Crippen molar-refractivity contribution in [3.8, 4) is 11.3 Å². The van der Waals surface area contributed by atoms with E-state index in [1.807, 2.05) is 46.1 Å². The highest BCUT2D eigenvalue weighted by molar-refractivity contribution is 7.15. The molecule has 5 heterocycles. The highest BCUT2D eigenvalue weighted by Gasteiger charge is 2.21. The van der Waals surface area contributed by atoms with E-state index >= 15 is 0 Å². The van der Waals surface area contributed by atoms with Crippen LogP contribution < -0.4 is 5.56 Å². The average Bonchev–Trinajstić information content (AvgIpc) is 3.47. The smallest absolute Gasteiger partial charge is 0.339 e. The maximum Gasteiger partial charge on any atom is 0.339 e. The average molecular weight is 478 g/mol. The first-order valence-corrected chi connectivity index (χ1v) is 11.7. The van der Waals surface area contributed by atoms with E-state index in [0.717, 1.165) is 17.0 Å². The summed E-state index contributed by atoms with van der Waals surface area (Å²) in [5.41, 5.74) is 3.35. The number of hydrogen-bond acceptors (Lipinski definition) is 8. The lowest BCUT2D eigenvalue weighted by atomic mass is 10.1. The van der Waals surface area contributed by atoms with Gasteiger partial charge in [-0.15, -0.1) is 11.3 Å². The topological polar surface area (TPSA) is 105 Å². The molecule has 0 amide bonds. The molecule has 9 nitrogen and oxygen atoms in total. The lowest BCUT2D eigenvalue weighted by Crippen LogP contribution is -2.16. The van der Waals surface area contributed by atoms with Crippen LogP contribution in [0.5, 0.6) is 0 Å². The third-order valence-electron chi connectivity index (χ3n) is 5.57. The molecule has 0 bridgehead atoms. The summed E-state index contributed by atoms with van der Waals surface area (Å²) in [6.07, 6.45) is 1.63. The van der Waals surface area contributed by atoms with E-state index in [2.05, 4.69) is 10.1 Å². The third-order valence-corrected chi connectivity index (χ3v) is 6.52. The molecule has 0 aliphatic rings. The van der Waals surface area contributed by atoms with Crippen LogP contribution in [0, 0.1) is 20.8 Å². The Morgan fingerprint density at radius 3 is 2.68 bits per heavy atom. The lowest BCUT2D eigenvalue weighted by molar-refractivity contribution is 0.0470. The van der Waals surface area contributed by atoms with Gasteiger partial charge in [-0.2, -0.15) is 5.10 Å². The van der Waals surface area contributed by atoms with Gasteiger partial charge in [-0.1, -0.05) is 0 Å². The second kappa shape index (κ2) is 8.21. The number of rotatable bonds is 5. The molecule has 0 saturated heterocycles. The van der Waals surface area contributed by atoms with Gasteiger partial charge in [0.25, 0.3) is 5.56 Å². The first-order valence-electron chi connectivity index (χ1n) is 10.8. The number of pyridine rings is 1. The number of furan rings is 1. The van der Waals surface area contributed by atoms with E-state index in [1.54, 1.807) is 16.9 Å². The highest BCUT2D eigenvalue weighted by Crippen LogP contribution is 2.30. The van der Waals surface area contributed by atoms with Crippen molar-refractivity contribution >= 4 is 33.3 Å². The number of carbonyl (C=O) groups is 1. The van der Waals surface area contributed by atoms with Crippen molar-refractivity contribution in [2.45, 2.75) is 47.3 Å². The van der Waals surface area contributed by atoms with Gasteiger partial charge in [0.05, 0.1) is 28.5 Å². The van der Waals surface area contributed by atoms with Gasteiger partial charge in [-0.25, -0.2) is 19.4 Å². The third kappa shape index (κ3) is 3.69. The summed E-state index contributed by atoms with van der Waals surface area (Å²) >= 11 is 1.37. The number of aryl methyl sites for hydroxylation is 3. The highest BCUT2D eigenvalue weighted by atomic mass is 32.1. The zero-order valence-corrected chi connectivity index (χ0v) is 20.3. The van der Waals surface area contributed by atoms with Crippen molar-refractivity contribution in [1.82, 2.24) is 24.1 Å². The monoisotopic (exact) mass is 477 g/mol. The van der Waals surface area contributed by atoms with Crippen molar-refractivity contribution in [2.75, 3.05) is 0 Å². The first kappa shape index (κ1) is 22.0. The molecule has 0 atom stereocenters. The Morgan fingerprint density at radius 2 is 1.97 bits per heavy atom. The van der Waals surface area contributed by atoms with Gasteiger partial charge in [0.2, 0.25) is 0 Å². The van der Waals surface area contributed by atoms with E-state index < -0.39 is 5.97 Å². The number of fused-ring (bicyclic) bond motifs is 2. The summed E-state index contributed by atoms with van der Waals surface area (Å²) < 4.78 is 14.6. The maximum absolute atomic E-state index is 13.2. The van der Waals surface area contributed by atoms with Crippen LogP contribution in [-0.2, 0) is 11.3 Å². The zero-order valence-electron chi connectivity index (χ0n) is 19.4. The number of carbonyl (C=O) groups excluding carboxylic acids is 1. The zero-order chi connectivity index (χ0) is 24.1. The van der Waals surface area contributed by atoms with Crippen molar-refractivity contribution in [1.29, 1.82) is 0 Å². The molecule has 0 saturated carbocycles. The van der Waals surface area contributed by atoms with Gasteiger partial charge in [0.15, 0.2) is 10.6 Å². The Kier molecular flexibility index (Phi) is 5.32. The van der Waals surface area contributed by atoms with Gasteiger partial charge < -0.3 is 9.15 Å². The van der Waals surface area contributed by atoms with Crippen LogP contribution in [0.1, 0.15) is 53.2 Å². The van der Waals surface area contributed by atoms with Gasteiger partial charge in [0, 0.05) is 28.7 Å². The largest absolute Gasteiger partial charge is 0.466 e. The molecule has 0 radical (unpaired) electrons. The Hall–Kier alpha value is -3.79. The molecule has 0 unspecified atom stereocenters. The van der Waals surface area contributed by atoms with E-state index in [4.69, 9.17) is 14.1 Å². The van der Waals surface area contributed by atoms with E-state index in [-0.39, 0.29) is 18.2 Å². The quantitative estimate of drug-likeness (QED) is 0.340. The number of aromatic nitrogens is 5. The minimum Gasteiger partial charge on any atom is -0.466 e. The van der Waals surface area contributed by atoms with Crippen LogP contribution in [0.4, 0.5) is 0 Å². The number of thiazole rings is 1. The SMILES string of the molecule is Cc1cc(-c2cc(C(=O)OCc3cc(=O)n4c(C)csc4n3)c3cnn(C(C)C)c3n2)c(C)o1. The van der Waals surface area contributed by atoms with Crippen LogP contribution in [0.3, 0.4) is 0 Å².